The van der Waals surface area contributed by atoms with Gasteiger partial charge >= 0.3 is 0 Å². The van der Waals surface area contributed by atoms with Crippen molar-refractivity contribution in [1.29, 1.82) is 0 Å². The van der Waals surface area contributed by atoms with Crippen LogP contribution in [0.4, 0.5) is 0 Å². The SMILES string of the molecule is O=C(NC1CCCCNC1=O)C1CCNCC1. The minimum absolute atomic E-state index is 0.0233. The zero-order valence-corrected chi connectivity index (χ0v) is 10.1. The van der Waals surface area contributed by atoms with Crippen molar-refractivity contribution >= 4 is 11.8 Å². The van der Waals surface area contributed by atoms with Crippen molar-refractivity contribution in [3.05, 3.63) is 0 Å². The Bertz CT molecular complexity index is 287. The second-order valence-corrected chi connectivity index (χ2v) is 4.87. The van der Waals surface area contributed by atoms with Crippen molar-refractivity contribution in [2.45, 2.75) is 38.1 Å². The topological polar surface area (TPSA) is 70.2 Å². The Morgan fingerprint density at radius 3 is 2.65 bits per heavy atom. The molecule has 5 nitrogen and oxygen atoms in total. The van der Waals surface area contributed by atoms with Gasteiger partial charge in [0.1, 0.15) is 6.04 Å². The van der Waals surface area contributed by atoms with E-state index in [1.807, 2.05) is 0 Å². The van der Waals surface area contributed by atoms with Crippen molar-refractivity contribution < 1.29 is 9.59 Å². The molecular weight excluding hydrogens is 218 g/mol. The first-order valence-electron chi connectivity index (χ1n) is 6.56. The van der Waals surface area contributed by atoms with Crippen LogP contribution < -0.4 is 16.0 Å². The van der Waals surface area contributed by atoms with E-state index in [4.69, 9.17) is 0 Å². The third kappa shape index (κ3) is 3.43. The Kier molecular flexibility index (Phi) is 4.36. The average molecular weight is 239 g/mol. The zero-order valence-electron chi connectivity index (χ0n) is 10.1. The van der Waals surface area contributed by atoms with Gasteiger partial charge in [-0.3, -0.25) is 9.59 Å². The van der Waals surface area contributed by atoms with Gasteiger partial charge in [-0.2, -0.15) is 0 Å². The first-order chi connectivity index (χ1) is 8.27. The highest BCUT2D eigenvalue weighted by atomic mass is 16.2. The fourth-order valence-electron chi connectivity index (χ4n) is 2.45. The number of amides is 2. The maximum absolute atomic E-state index is 12.0. The Morgan fingerprint density at radius 2 is 1.88 bits per heavy atom. The average Bonchev–Trinajstić information content (AvgIpc) is 2.56. The second kappa shape index (κ2) is 6.00. The van der Waals surface area contributed by atoms with Gasteiger partial charge in [0, 0.05) is 12.5 Å². The number of carbonyl (C=O) groups excluding carboxylic acids is 2. The largest absolute Gasteiger partial charge is 0.354 e. The lowest BCUT2D eigenvalue weighted by Gasteiger charge is -2.24. The molecule has 2 rings (SSSR count). The molecule has 2 amide bonds. The third-order valence-corrected chi connectivity index (χ3v) is 3.56. The molecule has 17 heavy (non-hydrogen) atoms. The van der Waals surface area contributed by atoms with Crippen LogP contribution in [0.1, 0.15) is 32.1 Å². The number of hydrogen-bond donors (Lipinski definition) is 3. The van der Waals surface area contributed by atoms with Crippen LogP contribution in [-0.4, -0.2) is 37.5 Å². The monoisotopic (exact) mass is 239 g/mol. The molecule has 1 atom stereocenters. The smallest absolute Gasteiger partial charge is 0.242 e. The number of carbonyl (C=O) groups is 2. The molecule has 2 heterocycles. The van der Waals surface area contributed by atoms with Gasteiger partial charge < -0.3 is 16.0 Å². The predicted molar refractivity (Wildman–Crippen MR) is 64.4 cm³/mol. The van der Waals surface area contributed by atoms with Crippen LogP contribution in [0.5, 0.6) is 0 Å². The van der Waals surface area contributed by atoms with E-state index in [9.17, 15) is 9.59 Å². The van der Waals surface area contributed by atoms with Crippen LogP contribution in [0.3, 0.4) is 0 Å². The summed E-state index contributed by atoms with van der Waals surface area (Å²) < 4.78 is 0. The summed E-state index contributed by atoms with van der Waals surface area (Å²) in [5.74, 6) is 0.102. The predicted octanol–water partition coefficient (Wildman–Crippen LogP) is -0.229. The summed E-state index contributed by atoms with van der Waals surface area (Å²) in [6.45, 7) is 2.53. The van der Waals surface area contributed by atoms with E-state index in [2.05, 4.69) is 16.0 Å². The van der Waals surface area contributed by atoms with E-state index in [1.54, 1.807) is 0 Å². The van der Waals surface area contributed by atoms with E-state index in [-0.39, 0.29) is 23.8 Å². The highest BCUT2D eigenvalue weighted by Crippen LogP contribution is 2.13. The van der Waals surface area contributed by atoms with Crippen molar-refractivity contribution in [2.24, 2.45) is 5.92 Å². The molecule has 2 aliphatic heterocycles. The van der Waals surface area contributed by atoms with Crippen LogP contribution in [0.25, 0.3) is 0 Å². The quantitative estimate of drug-likeness (QED) is 0.623. The molecule has 0 saturated carbocycles. The van der Waals surface area contributed by atoms with Crippen LogP contribution in [0, 0.1) is 5.92 Å². The fraction of sp³-hybridized carbons (Fsp3) is 0.833. The lowest BCUT2D eigenvalue weighted by atomic mass is 9.96. The van der Waals surface area contributed by atoms with E-state index >= 15 is 0 Å². The van der Waals surface area contributed by atoms with E-state index in [1.165, 1.54) is 0 Å². The molecule has 2 saturated heterocycles. The molecule has 0 radical (unpaired) electrons. The van der Waals surface area contributed by atoms with Crippen LogP contribution in [0.15, 0.2) is 0 Å². The van der Waals surface area contributed by atoms with Gasteiger partial charge in [-0.25, -0.2) is 0 Å². The summed E-state index contributed by atoms with van der Waals surface area (Å²) in [7, 11) is 0. The number of piperidine rings is 1. The molecule has 0 spiro atoms. The molecule has 0 aromatic carbocycles. The molecule has 2 fully saturated rings. The van der Waals surface area contributed by atoms with Gasteiger partial charge in [0.05, 0.1) is 0 Å². The maximum Gasteiger partial charge on any atom is 0.242 e. The molecule has 0 aromatic heterocycles. The van der Waals surface area contributed by atoms with Gasteiger partial charge in [0.25, 0.3) is 0 Å². The van der Waals surface area contributed by atoms with E-state index in [0.717, 1.165) is 51.7 Å². The van der Waals surface area contributed by atoms with E-state index in [0.29, 0.717) is 0 Å². The summed E-state index contributed by atoms with van der Waals surface area (Å²) in [6.07, 6.45) is 4.52. The van der Waals surface area contributed by atoms with Gasteiger partial charge in [-0.15, -0.1) is 0 Å². The number of nitrogens with one attached hydrogen (secondary N) is 3. The molecular formula is C12H21N3O2. The third-order valence-electron chi connectivity index (χ3n) is 3.56. The van der Waals surface area contributed by atoms with Crippen molar-refractivity contribution in [1.82, 2.24) is 16.0 Å². The highest BCUT2D eigenvalue weighted by Gasteiger charge is 2.27. The second-order valence-electron chi connectivity index (χ2n) is 4.87. The van der Waals surface area contributed by atoms with Crippen molar-refractivity contribution in [3.63, 3.8) is 0 Å². The van der Waals surface area contributed by atoms with Crippen LogP contribution in [0.2, 0.25) is 0 Å². The lowest BCUT2D eigenvalue weighted by molar-refractivity contribution is -0.131. The number of hydrogen-bond acceptors (Lipinski definition) is 3. The van der Waals surface area contributed by atoms with Gasteiger partial charge in [0.15, 0.2) is 0 Å². The Labute approximate surface area is 102 Å². The Balaban J connectivity index is 1.85. The van der Waals surface area contributed by atoms with Gasteiger partial charge in [-0.05, 0) is 45.2 Å². The molecule has 0 aromatic rings. The Hall–Kier alpha value is -1.10. The minimum atomic E-state index is -0.320. The summed E-state index contributed by atoms with van der Waals surface area (Å²) in [5.41, 5.74) is 0. The standard InChI is InChI=1S/C12H21N3O2/c16-11(9-4-7-13-8-5-9)15-10-3-1-2-6-14-12(10)17/h9-10,13H,1-8H2,(H,14,17)(H,15,16). The van der Waals surface area contributed by atoms with Gasteiger partial charge in [0.2, 0.25) is 11.8 Å². The summed E-state index contributed by atoms with van der Waals surface area (Å²) in [5, 5.41) is 8.97. The Morgan fingerprint density at radius 1 is 1.12 bits per heavy atom. The highest BCUT2D eigenvalue weighted by molar-refractivity contribution is 5.88. The first-order valence-corrected chi connectivity index (χ1v) is 6.56. The molecule has 2 aliphatic rings. The van der Waals surface area contributed by atoms with Crippen molar-refractivity contribution in [3.8, 4) is 0 Å². The molecule has 0 bridgehead atoms. The fourth-order valence-corrected chi connectivity index (χ4v) is 2.45. The summed E-state index contributed by atoms with van der Waals surface area (Å²) in [6, 6.07) is -0.320. The van der Waals surface area contributed by atoms with Crippen LogP contribution in [-0.2, 0) is 9.59 Å². The van der Waals surface area contributed by atoms with Gasteiger partial charge in [-0.1, -0.05) is 0 Å². The molecule has 0 aliphatic carbocycles. The lowest BCUT2D eigenvalue weighted by Crippen LogP contribution is -2.48. The minimum Gasteiger partial charge on any atom is -0.354 e. The molecule has 96 valence electrons. The summed E-state index contributed by atoms with van der Waals surface area (Å²) in [4.78, 5) is 23.7. The molecule has 1 unspecified atom stereocenters. The normalized spacial score (nSPS) is 27.1. The first kappa shape index (κ1) is 12.4. The van der Waals surface area contributed by atoms with Crippen LogP contribution >= 0.6 is 0 Å². The van der Waals surface area contributed by atoms with E-state index < -0.39 is 0 Å². The maximum atomic E-state index is 12.0. The zero-order chi connectivity index (χ0) is 12.1. The van der Waals surface area contributed by atoms with Crippen molar-refractivity contribution in [2.75, 3.05) is 19.6 Å². The summed E-state index contributed by atoms with van der Waals surface area (Å²) >= 11 is 0. The molecule has 5 heteroatoms. The molecule has 3 N–H and O–H groups in total. The number of rotatable bonds is 2.